The summed E-state index contributed by atoms with van der Waals surface area (Å²) in [6, 6.07) is 16.0. The predicted molar refractivity (Wildman–Crippen MR) is 121 cm³/mol. The van der Waals surface area contributed by atoms with E-state index < -0.39 is 23.5 Å². The largest absolute Gasteiger partial charge is 0.477 e. The second-order valence-corrected chi connectivity index (χ2v) is 8.40. The van der Waals surface area contributed by atoms with Gasteiger partial charge in [-0.05, 0) is 36.1 Å². The van der Waals surface area contributed by atoms with Crippen LogP contribution in [0.4, 0.5) is 10.6 Å². The molecule has 0 saturated heterocycles. The Morgan fingerprint density at radius 1 is 1.06 bits per heavy atom. The van der Waals surface area contributed by atoms with E-state index in [4.69, 9.17) is 4.74 Å². The van der Waals surface area contributed by atoms with E-state index in [2.05, 4.69) is 15.7 Å². The normalized spacial score (nSPS) is 12.6. The molecule has 0 bridgehead atoms. The zero-order chi connectivity index (χ0) is 23.8. The molecule has 3 aromatic rings. The lowest BCUT2D eigenvalue weighted by Crippen LogP contribution is -2.52. The van der Waals surface area contributed by atoms with Crippen molar-refractivity contribution in [2.75, 3.05) is 11.9 Å². The molecule has 33 heavy (non-hydrogen) atoms. The number of alkyl carbamates (subject to hydrolysis) is 1. The Morgan fingerprint density at radius 3 is 2.21 bits per heavy atom. The zero-order valence-electron chi connectivity index (χ0n) is 18.5. The zero-order valence-corrected chi connectivity index (χ0v) is 18.5. The summed E-state index contributed by atoms with van der Waals surface area (Å²) in [5.74, 6) is -2.05. The molecule has 2 amide bonds. The molecule has 0 unspecified atom stereocenters. The number of anilines is 1. The molecule has 0 atom stereocenters. The van der Waals surface area contributed by atoms with Crippen molar-refractivity contribution in [1.82, 2.24) is 15.1 Å². The molecule has 9 nitrogen and oxygen atoms in total. The first-order valence-corrected chi connectivity index (χ1v) is 10.4. The third kappa shape index (κ3) is 4.30. The lowest BCUT2D eigenvalue weighted by Gasteiger charge is -2.25. The van der Waals surface area contributed by atoms with E-state index in [0.717, 1.165) is 22.3 Å². The molecule has 1 aliphatic rings. The fourth-order valence-corrected chi connectivity index (χ4v) is 3.95. The second kappa shape index (κ2) is 8.42. The van der Waals surface area contributed by atoms with Crippen LogP contribution in [0.25, 0.3) is 11.1 Å². The number of carbonyl (C=O) groups excluding carboxylic acids is 2. The first-order valence-electron chi connectivity index (χ1n) is 10.4. The van der Waals surface area contributed by atoms with Crippen molar-refractivity contribution in [1.29, 1.82) is 0 Å². The summed E-state index contributed by atoms with van der Waals surface area (Å²) in [5, 5.41) is 18.2. The molecular weight excluding hydrogens is 424 g/mol. The van der Waals surface area contributed by atoms with Gasteiger partial charge in [0.25, 0.3) is 5.91 Å². The van der Waals surface area contributed by atoms with Crippen LogP contribution in [0.15, 0.2) is 54.7 Å². The highest BCUT2D eigenvalue weighted by Gasteiger charge is 2.33. The van der Waals surface area contributed by atoms with Crippen molar-refractivity contribution in [3.8, 4) is 11.1 Å². The summed E-state index contributed by atoms with van der Waals surface area (Å²) in [6.07, 6.45) is 0.528. The van der Waals surface area contributed by atoms with Crippen LogP contribution in [0.2, 0.25) is 0 Å². The smallest absolute Gasteiger partial charge is 0.408 e. The minimum Gasteiger partial charge on any atom is -0.477 e. The minimum atomic E-state index is -1.38. The summed E-state index contributed by atoms with van der Waals surface area (Å²) in [7, 11) is 1.54. The van der Waals surface area contributed by atoms with Crippen LogP contribution in [-0.2, 0) is 16.6 Å². The number of hydrogen-bond acceptors (Lipinski definition) is 5. The van der Waals surface area contributed by atoms with E-state index in [0.29, 0.717) is 0 Å². The quantitative estimate of drug-likeness (QED) is 0.531. The highest BCUT2D eigenvalue weighted by atomic mass is 16.5. The number of fused-ring (bicyclic) bond motifs is 3. The predicted octanol–water partition coefficient (Wildman–Crippen LogP) is 3.37. The van der Waals surface area contributed by atoms with Crippen LogP contribution in [0, 0.1) is 0 Å². The van der Waals surface area contributed by atoms with Gasteiger partial charge in [0.2, 0.25) is 0 Å². The van der Waals surface area contributed by atoms with Crippen LogP contribution in [0.5, 0.6) is 0 Å². The Bertz CT molecular complexity index is 1200. The number of carboxylic acids is 1. The van der Waals surface area contributed by atoms with Gasteiger partial charge in [-0.25, -0.2) is 9.59 Å². The van der Waals surface area contributed by atoms with Crippen molar-refractivity contribution in [3.05, 3.63) is 71.4 Å². The molecule has 4 rings (SSSR count). The van der Waals surface area contributed by atoms with Crippen LogP contribution >= 0.6 is 0 Å². The topological polar surface area (TPSA) is 123 Å². The van der Waals surface area contributed by atoms with E-state index in [1.807, 2.05) is 48.5 Å². The van der Waals surface area contributed by atoms with Crippen LogP contribution in [0.1, 0.15) is 41.3 Å². The average molecular weight is 448 g/mol. The number of aryl methyl sites for hydroxylation is 1. The number of aromatic nitrogens is 2. The van der Waals surface area contributed by atoms with Gasteiger partial charge < -0.3 is 20.5 Å². The number of hydrogen-bond donors (Lipinski definition) is 3. The van der Waals surface area contributed by atoms with Crippen LogP contribution in [0.3, 0.4) is 0 Å². The van der Waals surface area contributed by atoms with E-state index in [1.165, 1.54) is 24.7 Å². The maximum atomic E-state index is 12.7. The monoisotopic (exact) mass is 448 g/mol. The number of benzene rings is 2. The van der Waals surface area contributed by atoms with Gasteiger partial charge in [0.05, 0.1) is 0 Å². The first kappa shape index (κ1) is 22.1. The second-order valence-electron chi connectivity index (χ2n) is 8.40. The van der Waals surface area contributed by atoms with E-state index in [-0.39, 0.29) is 23.9 Å². The molecule has 2 aromatic carbocycles. The van der Waals surface area contributed by atoms with E-state index in [1.54, 1.807) is 7.05 Å². The number of rotatable bonds is 6. The van der Waals surface area contributed by atoms with Gasteiger partial charge in [-0.1, -0.05) is 48.5 Å². The summed E-state index contributed by atoms with van der Waals surface area (Å²) in [6.45, 7) is 3.10. The Labute approximate surface area is 190 Å². The maximum absolute atomic E-state index is 12.7. The van der Waals surface area contributed by atoms with Gasteiger partial charge >= 0.3 is 12.1 Å². The van der Waals surface area contributed by atoms with Gasteiger partial charge in [-0.2, -0.15) is 5.10 Å². The van der Waals surface area contributed by atoms with Gasteiger partial charge in [0, 0.05) is 19.2 Å². The van der Waals surface area contributed by atoms with Crippen molar-refractivity contribution in [2.45, 2.75) is 25.3 Å². The number of carbonyl (C=O) groups is 3. The lowest BCUT2D eigenvalue weighted by atomic mass is 9.98. The third-order valence-electron chi connectivity index (χ3n) is 5.62. The Balaban J connectivity index is 1.42. The average Bonchev–Trinajstić information content (AvgIpc) is 3.29. The maximum Gasteiger partial charge on any atom is 0.408 e. The molecule has 3 N–H and O–H groups in total. The first-order chi connectivity index (χ1) is 15.7. The summed E-state index contributed by atoms with van der Waals surface area (Å²) < 4.78 is 6.78. The molecule has 1 heterocycles. The fourth-order valence-electron chi connectivity index (χ4n) is 3.95. The highest BCUT2D eigenvalue weighted by Crippen LogP contribution is 2.44. The molecule has 170 valence electrons. The van der Waals surface area contributed by atoms with Crippen molar-refractivity contribution < 1.29 is 24.2 Å². The fraction of sp³-hybridized carbons (Fsp3) is 0.250. The molecule has 0 saturated carbocycles. The van der Waals surface area contributed by atoms with E-state index in [9.17, 15) is 19.5 Å². The summed E-state index contributed by atoms with van der Waals surface area (Å²) in [5.41, 5.74) is 2.87. The summed E-state index contributed by atoms with van der Waals surface area (Å²) >= 11 is 0. The highest BCUT2D eigenvalue weighted by molar-refractivity contribution is 6.03. The Hall–Kier alpha value is -4.14. The SMILES string of the molecule is Cn1cc(C(=O)O)c(NC(=O)C(C)(C)NC(=O)OCC2c3ccccc3-c3ccccc32)n1. The molecule has 9 heteroatoms. The van der Waals surface area contributed by atoms with E-state index >= 15 is 0 Å². The van der Waals surface area contributed by atoms with Crippen LogP contribution < -0.4 is 10.6 Å². The number of nitrogens with zero attached hydrogens (tertiary/aromatic N) is 2. The van der Waals surface area contributed by atoms with Crippen LogP contribution in [-0.4, -0.2) is 45.0 Å². The van der Waals surface area contributed by atoms with Gasteiger partial charge in [0.1, 0.15) is 17.7 Å². The standard InChI is InChI=1S/C24H24N4O5/c1-24(2,22(31)25-20-18(21(29)30)12-28(3)27-20)26-23(32)33-13-19-16-10-6-4-8-14(16)15-9-5-7-11-17(15)19/h4-12,19H,13H2,1-3H3,(H,26,32)(H,29,30)(H,25,27,31). The number of carboxylic acid groups (broad SMARTS) is 1. The Kier molecular flexibility index (Phi) is 5.63. The van der Waals surface area contributed by atoms with Crippen molar-refractivity contribution >= 4 is 23.8 Å². The summed E-state index contributed by atoms with van der Waals surface area (Å²) in [4.78, 5) is 36.6. The Morgan fingerprint density at radius 2 is 1.64 bits per heavy atom. The molecule has 1 aliphatic carbocycles. The number of ether oxygens (including phenoxy) is 1. The molecule has 0 fully saturated rings. The van der Waals surface area contributed by atoms with Gasteiger partial charge in [0.15, 0.2) is 5.82 Å². The molecule has 0 spiro atoms. The molecule has 0 aliphatic heterocycles. The molecular formula is C24H24N4O5. The minimum absolute atomic E-state index is 0.0996. The van der Waals surface area contributed by atoms with Gasteiger partial charge in [-0.15, -0.1) is 0 Å². The van der Waals surface area contributed by atoms with Gasteiger partial charge in [-0.3, -0.25) is 9.48 Å². The molecule has 1 aromatic heterocycles. The number of nitrogens with one attached hydrogen (secondary N) is 2. The van der Waals surface area contributed by atoms with Crippen molar-refractivity contribution in [2.24, 2.45) is 7.05 Å². The van der Waals surface area contributed by atoms with Crippen molar-refractivity contribution in [3.63, 3.8) is 0 Å². The number of amides is 2. The third-order valence-corrected chi connectivity index (χ3v) is 5.62. The molecule has 0 radical (unpaired) electrons. The number of aromatic carboxylic acids is 1. The lowest BCUT2D eigenvalue weighted by molar-refractivity contribution is -0.121.